The zero-order chi connectivity index (χ0) is 25.7. The van der Waals surface area contributed by atoms with Crippen LogP contribution in [-0.2, 0) is 18.3 Å². The van der Waals surface area contributed by atoms with Gasteiger partial charge in [0, 0.05) is 7.05 Å². The normalized spacial score (nSPS) is 14.5. The van der Waals surface area contributed by atoms with Gasteiger partial charge in [0.1, 0.15) is 19.3 Å². The first-order chi connectivity index (χ1) is 16.1. The first-order valence-electron chi connectivity index (χ1n) is 13.4. The van der Waals surface area contributed by atoms with Gasteiger partial charge in [-0.05, 0) is 12.8 Å². The van der Waals surface area contributed by atoms with E-state index >= 15 is 0 Å². The summed E-state index contributed by atoms with van der Waals surface area (Å²) in [6.07, 6.45) is 17.0. The molecule has 1 N–H and O–H groups in total. The van der Waals surface area contributed by atoms with Gasteiger partial charge >= 0.3 is 6.09 Å². The molecule has 0 spiro atoms. The number of quaternary nitrogens is 1. The second-order valence-electron chi connectivity index (χ2n) is 10.3. The Balaban J connectivity index is 3.96. The van der Waals surface area contributed by atoms with Crippen molar-refractivity contribution in [1.29, 1.82) is 0 Å². The van der Waals surface area contributed by atoms with E-state index in [4.69, 9.17) is 13.8 Å². The summed E-state index contributed by atoms with van der Waals surface area (Å²) >= 11 is 0. The molecule has 34 heavy (non-hydrogen) atoms. The number of amides is 1. The molecule has 0 aromatic heterocycles. The summed E-state index contributed by atoms with van der Waals surface area (Å²) in [6.45, 7) is 2.61. The molecule has 0 heterocycles. The molecule has 0 aliphatic rings. The van der Waals surface area contributed by atoms with Gasteiger partial charge < -0.3 is 28.5 Å². The van der Waals surface area contributed by atoms with E-state index in [0.29, 0.717) is 17.4 Å². The van der Waals surface area contributed by atoms with Crippen molar-refractivity contribution in [3.63, 3.8) is 0 Å². The Kier molecular flexibility index (Phi) is 20.1. The molecule has 0 radical (unpaired) electrons. The number of carbonyl (C=O) groups excluding carboxylic acids is 1. The van der Waals surface area contributed by atoms with Gasteiger partial charge in [0.05, 0.1) is 27.7 Å². The van der Waals surface area contributed by atoms with Crippen LogP contribution in [0.25, 0.3) is 0 Å². The minimum atomic E-state index is -4.43. The van der Waals surface area contributed by atoms with E-state index in [1.165, 1.54) is 77.7 Å². The first kappa shape index (κ1) is 33.3. The maximum absolute atomic E-state index is 12.0. The quantitative estimate of drug-likeness (QED) is 0.107. The van der Waals surface area contributed by atoms with Crippen LogP contribution in [0.1, 0.15) is 103 Å². The van der Waals surface area contributed by atoms with Gasteiger partial charge in [-0.2, -0.15) is 0 Å². The zero-order valence-electron chi connectivity index (χ0n) is 22.6. The molecule has 0 fully saturated rings. The number of ether oxygens (including phenoxy) is 1. The largest absolute Gasteiger partial charge is 0.756 e. The number of phosphoric acid groups is 1. The maximum Gasteiger partial charge on any atom is 0.407 e. The van der Waals surface area contributed by atoms with Crippen LogP contribution in [0.5, 0.6) is 0 Å². The lowest BCUT2D eigenvalue weighted by Crippen LogP contribution is -2.37. The smallest absolute Gasteiger partial charge is 0.407 e. The highest BCUT2D eigenvalue weighted by molar-refractivity contribution is 7.45. The van der Waals surface area contributed by atoms with Crippen molar-refractivity contribution in [1.82, 2.24) is 5.32 Å². The van der Waals surface area contributed by atoms with Crippen molar-refractivity contribution in [3.05, 3.63) is 0 Å². The highest BCUT2D eigenvalue weighted by atomic mass is 31.2. The second kappa shape index (κ2) is 20.5. The number of hydrogen-bond acceptors (Lipinski definition) is 6. The summed E-state index contributed by atoms with van der Waals surface area (Å²) in [5.41, 5.74) is 0. The minimum absolute atomic E-state index is 0.0458. The number of nitrogens with zero attached hydrogens (tertiary/aromatic N) is 1. The highest BCUT2D eigenvalue weighted by Crippen LogP contribution is 2.38. The zero-order valence-corrected chi connectivity index (χ0v) is 23.5. The Hall–Kier alpha value is -0.660. The third-order valence-electron chi connectivity index (χ3n) is 5.79. The van der Waals surface area contributed by atoms with Crippen molar-refractivity contribution in [2.24, 2.45) is 0 Å². The van der Waals surface area contributed by atoms with E-state index in [-0.39, 0.29) is 13.2 Å². The fraction of sp³-hybridized carbons (Fsp3) is 0.960. The summed E-state index contributed by atoms with van der Waals surface area (Å²) in [7, 11) is 2.89. The molecule has 0 aromatic carbocycles. The lowest BCUT2D eigenvalue weighted by atomic mass is 10.0. The van der Waals surface area contributed by atoms with Gasteiger partial charge in [0.2, 0.25) is 0 Å². The number of hydrogen-bond donors (Lipinski definition) is 1. The summed E-state index contributed by atoms with van der Waals surface area (Å²) in [4.78, 5) is 23.6. The number of carbonyl (C=O) groups is 1. The molecule has 0 rings (SSSR count). The number of rotatable bonds is 23. The van der Waals surface area contributed by atoms with Gasteiger partial charge in [-0.15, -0.1) is 0 Å². The lowest BCUT2D eigenvalue weighted by Gasteiger charge is -2.28. The number of phosphoric ester groups is 1. The lowest BCUT2D eigenvalue weighted by molar-refractivity contribution is -0.870. The molecule has 0 aliphatic carbocycles. The van der Waals surface area contributed by atoms with Crippen LogP contribution >= 0.6 is 7.82 Å². The van der Waals surface area contributed by atoms with Crippen LogP contribution in [0.4, 0.5) is 4.79 Å². The van der Waals surface area contributed by atoms with Crippen molar-refractivity contribution in [3.8, 4) is 0 Å². The summed E-state index contributed by atoms with van der Waals surface area (Å²) in [5, 5.41) is 2.40. The average Bonchev–Trinajstić information content (AvgIpc) is 2.76. The molecular weight excluding hydrogens is 455 g/mol. The van der Waals surface area contributed by atoms with Crippen LogP contribution < -0.4 is 10.2 Å². The molecule has 8 nitrogen and oxygen atoms in total. The Morgan fingerprint density at radius 1 is 0.853 bits per heavy atom. The maximum atomic E-state index is 12.0. The van der Waals surface area contributed by atoms with E-state index in [1.807, 2.05) is 21.1 Å². The second-order valence-corrected chi connectivity index (χ2v) is 11.7. The van der Waals surface area contributed by atoms with Gasteiger partial charge in [-0.1, -0.05) is 90.4 Å². The number of likely N-dealkylation sites (N-methyl/N-ethyl adjacent to an activating group) is 1. The molecule has 1 amide bonds. The monoisotopic (exact) mass is 508 g/mol. The van der Waals surface area contributed by atoms with Crippen LogP contribution in [0.3, 0.4) is 0 Å². The Morgan fingerprint density at radius 3 is 1.76 bits per heavy atom. The van der Waals surface area contributed by atoms with Gasteiger partial charge in [-0.3, -0.25) is 4.57 Å². The Morgan fingerprint density at radius 2 is 1.32 bits per heavy atom. The Labute approximate surface area is 209 Å². The molecule has 204 valence electrons. The number of unbranched alkanes of at least 4 members (excludes halogenated alkanes) is 13. The molecule has 0 saturated heterocycles. The number of nitrogens with one attached hydrogen (secondary N) is 1. The molecule has 2 unspecified atom stereocenters. The standard InChI is InChI=1S/C25H53N2O6P/c1-6-7-8-9-10-11-12-13-14-15-16-17-18-19-20-24(33-25(28)26-2)23-32-34(29,30)31-22-21-27(3,4)5/h24H,6-23H2,1-5H3,(H-,26,28,29,30). The molecular formula is C25H53N2O6P. The fourth-order valence-corrected chi connectivity index (χ4v) is 4.32. The summed E-state index contributed by atoms with van der Waals surface area (Å²) in [6, 6.07) is 0. The molecule has 2 atom stereocenters. The molecule has 0 aliphatic heterocycles. The van der Waals surface area contributed by atoms with Crippen molar-refractivity contribution >= 4 is 13.9 Å². The van der Waals surface area contributed by atoms with Crippen LogP contribution in [0, 0.1) is 0 Å². The minimum Gasteiger partial charge on any atom is -0.756 e. The van der Waals surface area contributed by atoms with Crippen LogP contribution in [0.2, 0.25) is 0 Å². The van der Waals surface area contributed by atoms with E-state index in [1.54, 1.807) is 0 Å². The molecule has 0 saturated carbocycles. The van der Waals surface area contributed by atoms with E-state index in [0.717, 1.165) is 19.3 Å². The third-order valence-corrected chi connectivity index (χ3v) is 6.75. The van der Waals surface area contributed by atoms with E-state index in [2.05, 4.69) is 12.2 Å². The van der Waals surface area contributed by atoms with E-state index in [9.17, 15) is 14.3 Å². The summed E-state index contributed by atoms with van der Waals surface area (Å²) < 4.78 is 27.8. The number of alkyl carbamates (subject to hydrolysis) is 1. The predicted molar refractivity (Wildman–Crippen MR) is 137 cm³/mol. The van der Waals surface area contributed by atoms with Gasteiger partial charge in [0.25, 0.3) is 7.82 Å². The topological polar surface area (TPSA) is 96.9 Å². The molecule has 0 bridgehead atoms. The first-order valence-corrected chi connectivity index (χ1v) is 14.8. The van der Waals surface area contributed by atoms with Crippen molar-refractivity contribution < 1.29 is 32.5 Å². The predicted octanol–water partition coefficient (Wildman–Crippen LogP) is 5.79. The SMILES string of the molecule is CCCCCCCCCCCCCCCCC(COP(=O)([O-])OCC[N+](C)(C)C)OC(=O)NC. The Bertz CT molecular complexity index is 542. The van der Waals surface area contributed by atoms with E-state index < -0.39 is 20.0 Å². The van der Waals surface area contributed by atoms with Gasteiger partial charge in [-0.25, -0.2) is 4.79 Å². The highest BCUT2D eigenvalue weighted by Gasteiger charge is 2.19. The van der Waals surface area contributed by atoms with Crippen molar-refractivity contribution in [2.45, 2.75) is 109 Å². The molecule has 9 heteroatoms. The fourth-order valence-electron chi connectivity index (χ4n) is 3.59. The average molecular weight is 509 g/mol. The van der Waals surface area contributed by atoms with Crippen molar-refractivity contribution in [2.75, 3.05) is 47.9 Å². The molecule has 0 aromatic rings. The van der Waals surface area contributed by atoms with Crippen LogP contribution in [-0.4, -0.2) is 64.6 Å². The van der Waals surface area contributed by atoms with Crippen LogP contribution in [0.15, 0.2) is 0 Å². The summed E-state index contributed by atoms with van der Waals surface area (Å²) in [5.74, 6) is 0. The van der Waals surface area contributed by atoms with Gasteiger partial charge in [0.15, 0.2) is 0 Å². The third kappa shape index (κ3) is 23.1.